The summed E-state index contributed by atoms with van der Waals surface area (Å²) in [6.45, 7) is 3.75. The number of anilines is 1. The zero-order chi connectivity index (χ0) is 17.0. The molecule has 1 saturated heterocycles. The number of pyridine rings is 1. The van der Waals surface area contributed by atoms with Gasteiger partial charge in [-0.3, -0.25) is 4.79 Å². The van der Waals surface area contributed by atoms with Crippen LogP contribution in [-0.2, 0) is 5.60 Å². The van der Waals surface area contributed by atoms with Crippen molar-refractivity contribution in [1.29, 1.82) is 0 Å². The van der Waals surface area contributed by atoms with Crippen LogP contribution in [0.3, 0.4) is 0 Å². The predicted molar refractivity (Wildman–Crippen MR) is 96.5 cm³/mol. The molecule has 0 bridgehead atoms. The van der Waals surface area contributed by atoms with Crippen LogP contribution in [0, 0.1) is 0 Å². The molecule has 128 valence electrons. The Morgan fingerprint density at radius 1 is 1.33 bits per heavy atom. The van der Waals surface area contributed by atoms with Crippen molar-refractivity contribution < 1.29 is 9.90 Å². The van der Waals surface area contributed by atoms with Crippen molar-refractivity contribution in [2.75, 3.05) is 24.5 Å². The van der Waals surface area contributed by atoms with Gasteiger partial charge in [0.25, 0.3) is 5.91 Å². The zero-order valence-corrected chi connectivity index (χ0v) is 14.7. The van der Waals surface area contributed by atoms with Crippen LogP contribution in [0.15, 0.2) is 35.8 Å². The third-order valence-electron chi connectivity index (χ3n) is 4.33. The standard InChI is InChI=1S/C18H23N3O2S/c1-18(23,15-8-6-12-24-15)13-20-17(22)14-7-5-9-19-16(14)21-10-3-2-4-11-21/h5-9,12,23H,2-4,10-11,13H2,1H3,(H,20,22)/t18-/m1/s1. The molecule has 1 aliphatic heterocycles. The van der Waals surface area contributed by atoms with E-state index in [9.17, 15) is 9.90 Å². The molecule has 6 heteroatoms. The first-order chi connectivity index (χ1) is 11.6. The molecule has 0 spiro atoms. The van der Waals surface area contributed by atoms with Gasteiger partial charge in [0.2, 0.25) is 0 Å². The molecule has 2 aromatic rings. The van der Waals surface area contributed by atoms with Crippen molar-refractivity contribution in [2.45, 2.75) is 31.8 Å². The van der Waals surface area contributed by atoms with Gasteiger partial charge in [0.15, 0.2) is 0 Å². The summed E-state index contributed by atoms with van der Waals surface area (Å²) in [5.74, 6) is 0.547. The number of thiophene rings is 1. The van der Waals surface area contributed by atoms with Gasteiger partial charge >= 0.3 is 0 Å². The highest BCUT2D eigenvalue weighted by Gasteiger charge is 2.26. The van der Waals surface area contributed by atoms with Crippen LogP contribution in [0.25, 0.3) is 0 Å². The monoisotopic (exact) mass is 345 g/mol. The maximum Gasteiger partial charge on any atom is 0.255 e. The van der Waals surface area contributed by atoms with Crippen LogP contribution < -0.4 is 10.2 Å². The fourth-order valence-electron chi connectivity index (χ4n) is 2.95. The van der Waals surface area contributed by atoms with Gasteiger partial charge in [-0.25, -0.2) is 4.98 Å². The molecule has 0 radical (unpaired) electrons. The average Bonchev–Trinajstić information content (AvgIpc) is 3.16. The second-order valence-electron chi connectivity index (χ2n) is 6.36. The topological polar surface area (TPSA) is 65.5 Å². The summed E-state index contributed by atoms with van der Waals surface area (Å²) in [4.78, 5) is 20.1. The molecular formula is C18H23N3O2S. The zero-order valence-electron chi connectivity index (χ0n) is 13.9. The van der Waals surface area contributed by atoms with Crippen LogP contribution in [0.4, 0.5) is 5.82 Å². The lowest BCUT2D eigenvalue weighted by molar-refractivity contribution is 0.0557. The van der Waals surface area contributed by atoms with Crippen molar-refractivity contribution in [1.82, 2.24) is 10.3 Å². The first-order valence-corrected chi connectivity index (χ1v) is 9.20. The van der Waals surface area contributed by atoms with E-state index in [4.69, 9.17) is 0 Å². The van der Waals surface area contributed by atoms with Gasteiger partial charge in [-0.1, -0.05) is 6.07 Å². The highest BCUT2D eigenvalue weighted by Crippen LogP contribution is 2.25. The summed E-state index contributed by atoms with van der Waals surface area (Å²) in [5, 5.41) is 15.3. The number of nitrogens with one attached hydrogen (secondary N) is 1. The first kappa shape index (κ1) is 16.9. The number of piperidine rings is 1. The molecule has 5 nitrogen and oxygen atoms in total. The van der Waals surface area contributed by atoms with Crippen LogP contribution in [0.1, 0.15) is 41.4 Å². The molecule has 1 atom stereocenters. The third-order valence-corrected chi connectivity index (χ3v) is 5.46. The van der Waals surface area contributed by atoms with Crippen LogP contribution in [0.5, 0.6) is 0 Å². The van der Waals surface area contributed by atoms with Gasteiger partial charge in [-0.05, 0) is 49.8 Å². The Balaban J connectivity index is 1.71. The van der Waals surface area contributed by atoms with E-state index in [1.807, 2.05) is 17.5 Å². The summed E-state index contributed by atoms with van der Waals surface area (Å²) in [5.41, 5.74) is -0.501. The highest BCUT2D eigenvalue weighted by atomic mass is 32.1. The lowest BCUT2D eigenvalue weighted by atomic mass is 10.0. The van der Waals surface area contributed by atoms with E-state index in [2.05, 4.69) is 15.2 Å². The van der Waals surface area contributed by atoms with Crippen molar-refractivity contribution in [2.24, 2.45) is 0 Å². The van der Waals surface area contributed by atoms with Gasteiger partial charge in [-0.2, -0.15) is 0 Å². The van der Waals surface area contributed by atoms with Crippen LogP contribution >= 0.6 is 11.3 Å². The van der Waals surface area contributed by atoms with Gasteiger partial charge < -0.3 is 15.3 Å². The maximum absolute atomic E-state index is 12.6. The highest BCUT2D eigenvalue weighted by molar-refractivity contribution is 7.10. The molecule has 1 aliphatic rings. The van der Waals surface area contributed by atoms with E-state index in [-0.39, 0.29) is 12.5 Å². The van der Waals surface area contributed by atoms with Crippen molar-refractivity contribution in [3.8, 4) is 0 Å². The quantitative estimate of drug-likeness (QED) is 0.874. The molecule has 3 rings (SSSR count). The van der Waals surface area contributed by atoms with Gasteiger partial charge in [0.1, 0.15) is 11.4 Å². The molecule has 0 saturated carbocycles. The molecule has 1 fully saturated rings. The smallest absolute Gasteiger partial charge is 0.255 e. The molecule has 0 aromatic carbocycles. The number of nitrogens with zero attached hydrogens (tertiary/aromatic N) is 2. The number of aliphatic hydroxyl groups is 1. The Labute approximate surface area is 146 Å². The van der Waals surface area contributed by atoms with Crippen LogP contribution in [0.2, 0.25) is 0 Å². The van der Waals surface area contributed by atoms with Crippen molar-refractivity contribution in [3.63, 3.8) is 0 Å². The fraction of sp³-hybridized carbons (Fsp3) is 0.444. The molecule has 0 unspecified atom stereocenters. The van der Waals surface area contributed by atoms with E-state index >= 15 is 0 Å². The molecule has 0 aliphatic carbocycles. The number of carbonyl (C=O) groups is 1. The Hall–Kier alpha value is -1.92. The molecule has 2 aromatic heterocycles. The molecule has 1 amide bonds. The maximum atomic E-state index is 12.6. The summed E-state index contributed by atoms with van der Waals surface area (Å²) >= 11 is 1.48. The minimum Gasteiger partial charge on any atom is -0.383 e. The second-order valence-corrected chi connectivity index (χ2v) is 7.30. The summed E-state index contributed by atoms with van der Waals surface area (Å²) in [7, 11) is 0. The Morgan fingerprint density at radius 2 is 2.12 bits per heavy atom. The minimum absolute atomic E-state index is 0.167. The first-order valence-electron chi connectivity index (χ1n) is 8.32. The van der Waals surface area contributed by atoms with Gasteiger partial charge in [-0.15, -0.1) is 11.3 Å². The van der Waals surface area contributed by atoms with Gasteiger partial charge in [0.05, 0.1) is 12.1 Å². The van der Waals surface area contributed by atoms with Crippen LogP contribution in [-0.4, -0.2) is 35.6 Å². The second kappa shape index (κ2) is 7.32. The molecular weight excluding hydrogens is 322 g/mol. The number of hydrogen-bond donors (Lipinski definition) is 2. The largest absolute Gasteiger partial charge is 0.383 e. The normalized spacial score (nSPS) is 17.3. The lowest BCUT2D eigenvalue weighted by Gasteiger charge is -2.29. The van der Waals surface area contributed by atoms with Crippen molar-refractivity contribution in [3.05, 3.63) is 46.3 Å². The number of aromatic nitrogens is 1. The van der Waals surface area contributed by atoms with E-state index in [0.29, 0.717) is 5.56 Å². The van der Waals surface area contributed by atoms with E-state index in [1.165, 1.54) is 17.8 Å². The Morgan fingerprint density at radius 3 is 2.83 bits per heavy atom. The van der Waals surface area contributed by atoms with Gasteiger partial charge in [0, 0.05) is 24.2 Å². The Bertz CT molecular complexity index is 679. The average molecular weight is 345 g/mol. The van der Waals surface area contributed by atoms with Crippen molar-refractivity contribution >= 4 is 23.1 Å². The number of rotatable bonds is 5. The van der Waals surface area contributed by atoms with E-state index in [1.54, 1.807) is 25.3 Å². The summed E-state index contributed by atoms with van der Waals surface area (Å²) in [6, 6.07) is 7.35. The number of amides is 1. The fourth-order valence-corrected chi connectivity index (χ4v) is 3.74. The predicted octanol–water partition coefficient (Wildman–Crippen LogP) is 2.77. The lowest BCUT2D eigenvalue weighted by Crippen LogP contribution is -2.39. The molecule has 24 heavy (non-hydrogen) atoms. The SMILES string of the molecule is C[C@@](O)(CNC(=O)c1cccnc1N1CCCCC1)c1cccs1. The number of carbonyl (C=O) groups excluding carboxylic acids is 1. The van der Waals surface area contributed by atoms with E-state index < -0.39 is 5.60 Å². The summed E-state index contributed by atoms with van der Waals surface area (Å²) in [6.07, 6.45) is 5.21. The minimum atomic E-state index is -1.07. The van der Waals surface area contributed by atoms with E-state index in [0.717, 1.165) is 36.6 Å². The summed E-state index contributed by atoms with van der Waals surface area (Å²) < 4.78 is 0. The third kappa shape index (κ3) is 3.76. The molecule has 3 heterocycles. The Kier molecular flexibility index (Phi) is 5.16. The number of hydrogen-bond acceptors (Lipinski definition) is 5. The molecule has 2 N–H and O–H groups in total.